The largest absolute Gasteiger partial charge is 0.382 e. The Bertz CT molecular complexity index is 563. The van der Waals surface area contributed by atoms with E-state index in [4.69, 9.17) is 5.73 Å². The lowest BCUT2D eigenvalue weighted by atomic mass is 9.71. The molecule has 4 heteroatoms. The van der Waals surface area contributed by atoms with Crippen LogP contribution in [0.25, 0.3) is 0 Å². The van der Waals surface area contributed by atoms with Gasteiger partial charge in [-0.05, 0) is 80.4 Å². The van der Waals surface area contributed by atoms with Crippen LogP contribution in [0.4, 0.5) is 10.5 Å². The maximum atomic E-state index is 10.9. The Balaban J connectivity index is 1.48. The molecule has 1 aromatic carbocycles. The fourth-order valence-electron chi connectivity index (χ4n) is 4.40. The van der Waals surface area contributed by atoms with Gasteiger partial charge in [-0.1, -0.05) is 26.0 Å². The number of hydrogen-bond donors (Lipinski definition) is 3. The molecule has 2 fully saturated rings. The first-order chi connectivity index (χ1) is 11.9. The molecule has 0 heterocycles. The molecule has 25 heavy (non-hydrogen) atoms. The van der Waals surface area contributed by atoms with Crippen molar-refractivity contribution in [2.75, 3.05) is 5.32 Å². The van der Waals surface area contributed by atoms with E-state index >= 15 is 0 Å². The summed E-state index contributed by atoms with van der Waals surface area (Å²) in [6.45, 7) is 4.79. The topological polar surface area (TPSA) is 67.2 Å². The van der Waals surface area contributed by atoms with Crippen molar-refractivity contribution >= 4 is 11.7 Å². The number of primary amides is 1. The number of anilines is 1. The molecule has 2 amide bonds. The first-order valence-electron chi connectivity index (χ1n) is 9.84. The number of nitrogens with two attached hydrogens (primary N) is 1. The van der Waals surface area contributed by atoms with Gasteiger partial charge >= 0.3 is 6.03 Å². The molecule has 2 aliphatic rings. The smallest absolute Gasteiger partial charge is 0.312 e. The molecular weight excluding hydrogens is 310 g/mol. The van der Waals surface area contributed by atoms with Crippen molar-refractivity contribution in [3.05, 3.63) is 29.8 Å². The van der Waals surface area contributed by atoms with Crippen LogP contribution in [0.5, 0.6) is 0 Å². The maximum Gasteiger partial charge on any atom is 0.312 e. The number of hydrogen-bond acceptors (Lipinski definition) is 2. The lowest BCUT2D eigenvalue weighted by Crippen LogP contribution is -2.42. The molecule has 0 radical (unpaired) electrons. The van der Waals surface area contributed by atoms with Crippen molar-refractivity contribution in [2.24, 2.45) is 11.1 Å². The Morgan fingerprint density at radius 2 is 1.52 bits per heavy atom. The quantitative estimate of drug-likeness (QED) is 0.737. The van der Waals surface area contributed by atoms with E-state index < -0.39 is 6.03 Å². The molecule has 0 aliphatic heterocycles. The van der Waals surface area contributed by atoms with Crippen LogP contribution in [0.3, 0.4) is 0 Å². The van der Waals surface area contributed by atoms with Crippen LogP contribution >= 0.6 is 0 Å². The fraction of sp³-hybridized carbons (Fsp3) is 0.667. The van der Waals surface area contributed by atoms with Crippen molar-refractivity contribution < 1.29 is 4.79 Å². The molecule has 0 spiro atoms. The SMILES string of the molecule is CC1(C)CCC(c2ccc(NC3CCC(NC(N)=O)CC3)cc2)CC1. The third kappa shape index (κ3) is 5.13. The summed E-state index contributed by atoms with van der Waals surface area (Å²) in [4.78, 5) is 10.9. The zero-order chi connectivity index (χ0) is 17.9. The first-order valence-corrected chi connectivity index (χ1v) is 9.84. The van der Waals surface area contributed by atoms with E-state index in [9.17, 15) is 4.79 Å². The highest BCUT2D eigenvalue weighted by Gasteiger charge is 2.27. The minimum Gasteiger partial charge on any atom is -0.382 e. The molecule has 2 aliphatic carbocycles. The highest BCUT2D eigenvalue weighted by molar-refractivity contribution is 5.71. The molecule has 138 valence electrons. The number of carbonyl (C=O) groups is 1. The third-order valence-corrected chi connectivity index (χ3v) is 6.17. The van der Waals surface area contributed by atoms with Crippen molar-refractivity contribution in [3.63, 3.8) is 0 Å². The standard InChI is InChI=1S/C21H33N3O/c1-21(2)13-11-16(12-14-21)15-3-5-17(6-4-15)23-18-7-9-19(10-8-18)24-20(22)25/h3-6,16,18-19,23H,7-14H2,1-2H3,(H3,22,24,25). The summed E-state index contributed by atoms with van der Waals surface area (Å²) in [6, 6.07) is 9.43. The maximum absolute atomic E-state index is 10.9. The number of urea groups is 1. The van der Waals surface area contributed by atoms with Gasteiger partial charge in [-0.3, -0.25) is 0 Å². The Hall–Kier alpha value is -1.71. The second-order valence-corrected chi connectivity index (χ2v) is 8.76. The summed E-state index contributed by atoms with van der Waals surface area (Å²) < 4.78 is 0. The Morgan fingerprint density at radius 1 is 0.960 bits per heavy atom. The summed E-state index contributed by atoms with van der Waals surface area (Å²) in [6.07, 6.45) is 9.44. The second-order valence-electron chi connectivity index (χ2n) is 8.76. The Kier molecular flexibility index (Phi) is 5.55. The zero-order valence-electron chi connectivity index (χ0n) is 15.7. The molecule has 0 atom stereocenters. The van der Waals surface area contributed by atoms with Crippen LogP contribution < -0.4 is 16.4 Å². The summed E-state index contributed by atoms with van der Waals surface area (Å²) in [5, 5.41) is 6.48. The van der Waals surface area contributed by atoms with Gasteiger partial charge in [-0.15, -0.1) is 0 Å². The van der Waals surface area contributed by atoms with Gasteiger partial charge in [0.2, 0.25) is 0 Å². The predicted molar refractivity (Wildman–Crippen MR) is 104 cm³/mol. The molecule has 0 unspecified atom stereocenters. The molecule has 1 aromatic rings. The van der Waals surface area contributed by atoms with Gasteiger partial charge in [0.25, 0.3) is 0 Å². The van der Waals surface area contributed by atoms with E-state index in [1.807, 2.05) is 0 Å². The number of rotatable bonds is 4. The highest BCUT2D eigenvalue weighted by atomic mass is 16.2. The van der Waals surface area contributed by atoms with E-state index in [2.05, 4.69) is 48.7 Å². The van der Waals surface area contributed by atoms with Crippen LogP contribution in [-0.2, 0) is 0 Å². The van der Waals surface area contributed by atoms with E-state index in [0.29, 0.717) is 11.5 Å². The van der Waals surface area contributed by atoms with Gasteiger partial charge in [0.15, 0.2) is 0 Å². The molecule has 4 nitrogen and oxygen atoms in total. The fourth-order valence-corrected chi connectivity index (χ4v) is 4.40. The van der Waals surface area contributed by atoms with Gasteiger partial charge in [0, 0.05) is 17.8 Å². The van der Waals surface area contributed by atoms with E-state index in [-0.39, 0.29) is 6.04 Å². The summed E-state index contributed by atoms with van der Waals surface area (Å²) in [7, 11) is 0. The number of benzene rings is 1. The molecule has 3 rings (SSSR count). The van der Waals surface area contributed by atoms with Crippen LogP contribution in [-0.4, -0.2) is 18.1 Å². The van der Waals surface area contributed by atoms with Gasteiger partial charge < -0.3 is 16.4 Å². The van der Waals surface area contributed by atoms with Gasteiger partial charge in [-0.2, -0.15) is 0 Å². The Labute approximate surface area is 151 Å². The van der Waals surface area contributed by atoms with Gasteiger partial charge in [0.1, 0.15) is 0 Å². The number of nitrogens with one attached hydrogen (secondary N) is 2. The normalized spacial score (nSPS) is 26.8. The number of carbonyl (C=O) groups excluding carboxylic acids is 1. The second kappa shape index (κ2) is 7.67. The van der Waals surface area contributed by atoms with Gasteiger partial charge in [0.05, 0.1) is 0 Å². The summed E-state index contributed by atoms with van der Waals surface area (Å²) >= 11 is 0. The molecule has 0 saturated heterocycles. The van der Waals surface area contributed by atoms with Gasteiger partial charge in [-0.25, -0.2) is 4.79 Å². The van der Waals surface area contributed by atoms with Crippen molar-refractivity contribution in [1.29, 1.82) is 0 Å². The average Bonchev–Trinajstić information content (AvgIpc) is 2.57. The average molecular weight is 344 g/mol. The number of amides is 2. The van der Waals surface area contributed by atoms with Crippen molar-refractivity contribution in [3.8, 4) is 0 Å². The van der Waals surface area contributed by atoms with Crippen LogP contribution in [0.1, 0.15) is 76.7 Å². The van der Waals surface area contributed by atoms with Crippen LogP contribution in [0.2, 0.25) is 0 Å². The molecular formula is C21H33N3O. The van der Waals surface area contributed by atoms with Crippen LogP contribution in [0, 0.1) is 5.41 Å². The van der Waals surface area contributed by atoms with E-state index in [1.165, 1.54) is 36.9 Å². The van der Waals surface area contributed by atoms with E-state index in [1.54, 1.807) is 0 Å². The zero-order valence-corrected chi connectivity index (χ0v) is 15.7. The summed E-state index contributed by atoms with van der Waals surface area (Å²) in [5.41, 5.74) is 8.44. The molecule has 0 aromatic heterocycles. The third-order valence-electron chi connectivity index (χ3n) is 6.17. The molecule has 0 bridgehead atoms. The Morgan fingerprint density at radius 3 is 2.08 bits per heavy atom. The molecule has 2 saturated carbocycles. The molecule has 4 N–H and O–H groups in total. The van der Waals surface area contributed by atoms with Crippen LogP contribution in [0.15, 0.2) is 24.3 Å². The van der Waals surface area contributed by atoms with Crippen molar-refractivity contribution in [2.45, 2.75) is 83.2 Å². The minimum atomic E-state index is -0.405. The summed E-state index contributed by atoms with van der Waals surface area (Å²) in [5.74, 6) is 0.734. The predicted octanol–water partition coefficient (Wildman–Crippen LogP) is 4.76. The van der Waals surface area contributed by atoms with E-state index in [0.717, 1.165) is 31.6 Å². The minimum absolute atomic E-state index is 0.244. The lowest BCUT2D eigenvalue weighted by Gasteiger charge is -2.34. The highest BCUT2D eigenvalue weighted by Crippen LogP contribution is 2.42. The lowest BCUT2D eigenvalue weighted by molar-refractivity contribution is 0.224. The first kappa shape index (κ1) is 18.1. The van der Waals surface area contributed by atoms with Crippen molar-refractivity contribution in [1.82, 2.24) is 5.32 Å². The monoisotopic (exact) mass is 343 g/mol.